The highest BCUT2D eigenvalue weighted by molar-refractivity contribution is 7.92. The Bertz CT molecular complexity index is 2140. The third kappa shape index (κ3) is 30.9. The molecular formula is C52H77NO20S2. The van der Waals surface area contributed by atoms with Crippen molar-refractivity contribution in [2.75, 3.05) is 177 Å². The topological polar surface area (TPSA) is 263 Å². The molecule has 0 aliphatic carbocycles. The third-order valence-electron chi connectivity index (χ3n) is 10.5. The number of aryl methyl sites for hydroxylation is 2. The van der Waals surface area contributed by atoms with Crippen LogP contribution >= 0.6 is 0 Å². The molecule has 0 aliphatic heterocycles. The van der Waals surface area contributed by atoms with Crippen LogP contribution in [0.1, 0.15) is 38.3 Å². The van der Waals surface area contributed by atoms with Gasteiger partial charge in [-0.2, -0.15) is 0 Å². The van der Waals surface area contributed by atoms with Crippen molar-refractivity contribution >= 4 is 37.3 Å². The van der Waals surface area contributed by atoms with Gasteiger partial charge in [0.05, 0.1) is 192 Å². The number of carbonyl (C=O) groups excluding carboxylic acids is 2. The Kier molecular flexibility index (Phi) is 34.6. The van der Waals surface area contributed by atoms with Gasteiger partial charge in [0, 0.05) is 17.7 Å². The molecule has 0 saturated carbocycles. The summed E-state index contributed by atoms with van der Waals surface area (Å²) in [6.07, 6.45) is -0.0193. The van der Waals surface area contributed by atoms with E-state index in [1.165, 1.54) is 48.5 Å². The van der Waals surface area contributed by atoms with Crippen LogP contribution in [0, 0.1) is 19.8 Å². The van der Waals surface area contributed by atoms with Crippen molar-refractivity contribution in [1.29, 1.82) is 0 Å². The lowest BCUT2D eigenvalue weighted by atomic mass is 9.99. The van der Waals surface area contributed by atoms with Crippen molar-refractivity contribution in [3.8, 4) is 0 Å². The minimum absolute atomic E-state index is 0.0124. The zero-order valence-electron chi connectivity index (χ0n) is 43.3. The maximum Gasteiger partial charge on any atom is 0.305 e. The van der Waals surface area contributed by atoms with Crippen LogP contribution in [0.15, 0.2) is 82.6 Å². The molecule has 0 aliphatic rings. The van der Waals surface area contributed by atoms with Gasteiger partial charge in [-0.1, -0.05) is 47.5 Å². The molecule has 0 atom stereocenters. The summed E-state index contributed by atoms with van der Waals surface area (Å²) >= 11 is 0. The maximum atomic E-state index is 13.8. The molecule has 3 rings (SSSR count). The number of carboxylic acid groups (broad SMARTS) is 1. The number of nitrogens with one attached hydrogen (secondary N) is 1. The summed E-state index contributed by atoms with van der Waals surface area (Å²) in [5.41, 5.74) is 2.02. The smallest absolute Gasteiger partial charge is 0.305 e. The maximum absolute atomic E-state index is 13.8. The average Bonchev–Trinajstić information content (AvgIpc) is 3.39. The Hall–Kier alpha value is -4.31. The minimum Gasteiger partial charge on any atom is -0.481 e. The predicted molar refractivity (Wildman–Crippen MR) is 275 cm³/mol. The lowest BCUT2D eigenvalue weighted by Crippen LogP contribution is -2.31. The molecule has 0 saturated heterocycles. The second-order valence-electron chi connectivity index (χ2n) is 16.6. The Morgan fingerprint density at radius 3 is 0.960 bits per heavy atom. The number of rotatable bonds is 48. The largest absolute Gasteiger partial charge is 0.481 e. The number of benzene rings is 3. The summed E-state index contributed by atoms with van der Waals surface area (Å²) in [5.74, 6) is -4.82. The summed E-state index contributed by atoms with van der Waals surface area (Å²) < 4.78 is 119. The van der Waals surface area contributed by atoms with E-state index in [2.05, 4.69) is 5.32 Å². The first-order valence-electron chi connectivity index (χ1n) is 24.9. The van der Waals surface area contributed by atoms with E-state index < -0.39 is 54.8 Å². The highest BCUT2D eigenvalue weighted by Crippen LogP contribution is 2.23. The molecule has 0 spiro atoms. The molecule has 0 radical (unpaired) electrons. The first-order valence-corrected chi connectivity index (χ1v) is 28.2. The molecule has 75 heavy (non-hydrogen) atoms. The number of aliphatic carboxylic acids is 1. The molecule has 0 heterocycles. The Morgan fingerprint density at radius 2 is 0.667 bits per heavy atom. The minimum atomic E-state index is -4.05. The molecule has 23 heteroatoms. The summed E-state index contributed by atoms with van der Waals surface area (Å²) in [6.45, 7) is 13.4. The molecule has 3 aromatic rings. The number of amides is 1. The average molecular weight is 1100 g/mol. The quantitative estimate of drug-likeness (QED) is 0.0606. The monoisotopic (exact) mass is 1100 g/mol. The lowest BCUT2D eigenvalue weighted by molar-refractivity contribution is -0.138. The molecule has 422 valence electrons. The molecule has 0 bridgehead atoms. The van der Waals surface area contributed by atoms with E-state index in [1.54, 1.807) is 24.3 Å². The fourth-order valence-corrected chi connectivity index (χ4v) is 9.69. The van der Waals surface area contributed by atoms with E-state index >= 15 is 0 Å². The van der Waals surface area contributed by atoms with E-state index in [4.69, 9.17) is 61.9 Å². The summed E-state index contributed by atoms with van der Waals surface area (Å²) in [4.78, 5) is 37.0. The zero-order valence-corrected chi connectivity index (χ0v) is 45.0. The van der Waals surface area contributed by atoms with Crippen LogP contribution < -0.4 is 5.32 Å². The van der Waals surface area contributed by atoms with E-state index in [0.29, 0.717) is 145 Å². The molecule has 0 aromatic heterocycles. The Morgan fingerprint density at radius 1 is 0.400 bits per heavy atom. The highest BCUT2D eigenvalue weighted by Gasteiger charge is 2.33. The molecular weight excluding hydrogens is 1020 g/mol. The van der Waals surface area contributed by atoms with Crippen LogP contribution in [-0.4, -0.2) is 216 Å². The third-order valence-corrected chi connectivity index (χ3v) is 14.2. The number of hydrogen-bond donors (Lipinski definition) is 2. The first kappa shape index (κ1) is 65.0. The van der Waals surface area contributed by atoms with Gasteiger partial charge in [0.15, 0.2) is 25.5 Å². The fraction of sp³-hybridized carbons (Fsp3) is 0.596. The van der Waals surface area contributed by atoms with Crippen LogP contribution in [0.5, 0.6) is 0 Å². The summed E-state index contributed by atoms with van der Waals surface area (Å²) in [6, 6.07) is 17.9. The predicted octanol–water partition coefficient (Wildman–Crippen LogP) is 3.45. The van der Waals surface area contributed by atoms with E-state index in [-0.39, 0.29) is 47.1 Å². The summed E-state index contributed by atoms with van der Waals surface area (Å²) in [7, 11) is -8.10. The van der Waals surface area contributed by atoms with Gasteiger partial charge in [0.1, 0.15) is 0 Å². The second kappa shape index (κ2) is 40.0. The van der Waals surface area contributed by atoms with Crippen molar-refractivity contribution in [2.24, 2.45) is 5.92 Å². The van der Waals surface area contributed by atoms with Crippen LogP contribution in [0.2, 0.25) is 0 Å². The number of ketones is 1. The molecule has 21 nitrogen and oxygen atoms in total. The number of ether oxygens (including phenoxy) is 12. The SMILES string of the molecule is Cc1ccc(S(=O)(=O)CC(CS(=O)(=O)c2ccc(C)cc2)C(=O)c2ccc(C(=O)NCCOCCOCCOCCOCCOCCOCCOCCOCCOCCOCCOCCOCCC(=O)O)cc2)cc1. The van der Waals surface area contributed by atoms with E-state index in [1.807, 2.05) is 13.8 Å². The molecule has 3 aromatic carbocycles. The van der Waals surface area contributed by atoms with Gasteiger partial charge in [-0.3, -0.25) is 14.4 Å². The van der Waals surface area contributed by atoms with Crippen LogP contribution in [-0.2, 0) is 81.3 Å². The lowest BCUT2D eigenvalue weighted by Gasteiger charge is -2.17. The normalized spacial score (nSPS) is 11.9. The van der Waals surface area contributed by atoms with Crippen molar-refractivity contribution < 1.29 is 93.2 Å². The highest BCUT2D eigenvalue weighted by atomic mass is 32.2. The molecule has 0 unspecified atom stereocenters. The number of sulfone groups is 2. The van der Waals surface area contributed by atoms with Crippen LogP contribution in [0.25, 0.3) is 0 Å². The van der Waals surface area contributed by atoms with Gasteiger partial charge in [-0.25, -0.2) is 16.8 Å². The number of hydrogen-bond acceptors (Lipinski definition) is 19. The second-order valence-corrected chi connectivity index (χ2v) is 20.6. The Balaban J connectivity index is 1.09. The van der Waals surface area contributed by atoms with Gasteiger partial charge in [-0.15, -0.1) is 0 Å². The zero-order chi connectivity index (χ0) is 54.3. The van der Waals surface area contributed by atoms with E-state index in [0.717, 1.165) is 11.1 Å². The van der Waals surface area contributed by atoms with E-state index in [9.17, 15) is 31.2 Å². The van der Waals surface area contributed by atoms with Crippen molar-refractivity contribution in [2.45, 2.75) is 30.1 Å². The Labute approximate surface area is 441 Å². The van der Waals surface area contributed by atoms with Gasteiger partial charge < -0.3 is 67.3 Å². The summed E-state index contributed by atoms with van der Waals surface area (Å²) in [5, 5.41) is 11.3. The molecule has 2 N–H and O–H groups in total. The first-order chi connectivity index (χ1) is 36.3. The number of carboxylic acids is 1. The van der Waals surface area contributed by atoms with Crippen LogP contribution in [0.4, 0.5) is 0 Å². The van der Waals surface area contributed by atoms with Gasteiger partial charge >= 0.3 is 5.97 Å². The van der Waals surface area contributed by atoms with Gasteiger partial charge in [-0.05, 0) is 50.2 Å². The van der Waals surface area contributed by atoms with Gasteiger partial charge in [0.2, 0.25) is 0 Å². The van der Waals surface area contributed by atoms with Gasteiger partial charge in [0.25, 0.3) is 5.91 Å². The van der Waals surface area contributed by atoms with Crippen molar-refractivity contribution in [1.82, 2.24) is 5.32 Å². The molecule has 1 amide bonds. The fourth-order valence-electron chi connectivity index (χ4n) is 6.45. The van der Waals surface area contributed by atoms with Crippen molar-refractivity contribution in [3.63, 3.8) is 0 Å². The molecule has 0 fully saturated rings. The van der Waals surface area contributed by atoms with Crippen LogP contribution in [0.3, 0.4) is 0 Å². The van der Waals surface area contributed by atoms with Crippen molar-refractivity contribution in [3.05, 3.63) is 95.1 Å². The number of Topliss-reactive ketones (excluding diaryl/α,β-unsaturated/α-hetero) is 1. The number of carbonyl (C=O) groups is 3. The standard InChI is InChI=1S/C52H77NO20S2/c1-43-3-11-48(12-4-43)74(58,59)41-47(42-75(60,61)49-13-5-44(2)6-14-49)51(56)45-7-9-46(10-8-45)52(57)53-16-18-63-20-22-65-24-26-67-28-30-69-32-34-71-36-38-73-40-39-72-37-35-70-33-31-68-29-27-66-25-23-64-21-19-62-17-15-50(54)55/h3-14,47H,15-42H2,1-2H3,(H,53,57)(H,54,55).